The van der Waals surface area contributed by atoms with Crippen molar-refractivity contribution in [3.8, 4) is 6.07 Å². The Hall–Kier alpha value is -2.98. The van der Waals surface area contributed by atoms with Crippen molar-refractivity contribution in [3.63, 3.8) is 0 Å². The van der Waals surface area contributed by atoms with Crippen molar-refractivity contribution >= 4 is 21.6 Å². The zero-order valence-electron chi connectivity index (χ0n) is 11.2. The molecular weight excluding hydrogens is 304 g/mol. The molecule has 2 aromatic rings. The molecule has 0 unspecified atom stereocenters. The van der Waals surface area contributed by atoms with Gasteiger partial charge in [-0.2, -0.15) is 5.26 Å². The van der Waals surface area contributed by atoms with E-state index in [1.54, 1.807) is 12.1 Å². The number of rotatable bonds is 4. The highest BCUT2D eigenvalue weighted by molar-refractivity contribution is 7.95. The van der Waals surface area contributed by atoms with Crippen LogP contribution >= 0.6 is 0 Å². The first-order valence-electron chi connectivity index (χ1n) is 6.12. The Kier molecular flexibility index (Phi) is 4.34. The van der Waals surface area contributed by atoms with E-state index < -0.39 is 19.7 Å². The molecule has 0 aromatic heterocycles. The van der Waals surface area contributed by atoms with Crippen LogP contribution in [0.15, 0.2) is 64.4 Å². The second-order valence-electron chi connectivity index (χ2n) is 4.25. The molecule has 0 saturated carbocycles. The van der Waals surface area contributed by atoms with Crippen molar-refractivity contribution in [2.45, 2.75) is 4.90 Å². The number of hydrogen-bond donors (Lipinski definition) is 0. The van der Waals surface area contributed by atoms with Gasteiger partial charge in [-0.05, 0) is 24.3 Å². The van der Waals surface area contributed by atoms with Crippen molar-refractivity contribution < 1.29 is 13.3 Å². The summed E-state index contributed by atoms with van der Waals surface area (Å²) in [7, 11) is -4.01. The van der Waals surface area contributed by atoms with E-state index in [1.165, 1.54) is 48.5 Å². The van der Waals surface area contributed by atoms with E-state index in [9.17, 15) is 18.5 Å². The molecule has 0 aliphatic heterocycles. The van der Waals surface area contributed by atoms with Gasteiger partial charge in [-0.15, -0.1) is 0 Å². The van der Waals surface area contributed by atoms with E-state index in [0.717, 1.165) is 6.08 Å². The Morgan fingerprint density at radius 2 is 1.68 bits per heavy atom. The number of hydrogen-bond acceptors (Lipinski definition) is 5. The van der Waals surface area contributed by atoms with Gasteiger partial charge in [0.2, 0.25) is 9.84 Å². The first-order chi connectivity index (χ1) is 10.5. The van der Waals surface area contributed by atoms with Crippen molar-refractivity contribution in [2.24, 2.45) is 0 Å². The van der Waals surface area contributed by atoms with Gasteiger partial charge in [0.15, 0.2) is 0 Å². The Balaban J connectivity index is 2.59. The smallest absolute Gasteiger partial charge is 0.258 e. The average Bonchev–Trinajstić information content (AvgIpc) is 2.53. The maximum atomic E-state index is 12.4. The summed E-state index contributed by atoms with van der Waals surface area (Å²) in [5, 5.41) is 20.1. The highest BCUT2D eigenvalue weighted by atomic mass is 32.2. The molecule has 0 radical (unpaired) electrons. The van der Waals surface area contributed by atoms with Gasteiger partial charge in [0.1, 0.15) is 11.0 Å². The Morgan fingerprint density at radius 3 is 2.27 bits per heavy atom. The molecule has 0 aliphatic rings. The van der Waals surface area contributed by atoms with Crippen LogP contribution in [0.5, 0.6) is 0 Å². The van der Waals surface area contributed by atoms with Gasteiger partial charge >= 0.3 is 0 Å². The van der Waals surface area contributed by atoms with Crippen LogP contribution < -0.4 is 0 Å². The van der Waals surface area contributed by atoms with Gasteiger partial charge in [-0.25, -0.2) is 8.42 Å². The third-order valence-corrected chi connectivity index (χ3v) is 4.55. The highest BCUT2D eigenvalue weighted by Crippen LogP contribution is 2.25. The number of nitrogens with zero attached hydrogens (tertiary/aromatic N) is 2. The van der Waals surface area contributed by atoms with Crippen LogP contribution in [-0.4, -0.2) is 13.3 Å². The van der Waals surface area contributed by atoms with Gasteiger partial charge in [0, 0.05) is 6.07 Å². The topological polar surface area (TPSA) is 101 Å². The number of nitriles is 1. The van der Waals surface area contributed by atoms with Crippen molar-refractivity contribution in [2.75, 3.05) is 0 Å². The predicted molar refractivity (Wildman–Crippen MR) is 80.3 cm³/mol. The summed E-state index contributed by atoms with van der Waals surface area (Å²) in [5.41, 5.74) is -0.206. The number of nitro benzene ring substituents is 1. The molecule has 110 valence electrons. The van der Waals surface area contributed by atoms with Gasteiger partial charge in [-0.3, -0.25) is 10.1 Å². The summed E-state index contributed by atoms with van der Waals surface area (Å²) >= 11 is 0. The van der Waals surface area contributed by atoms with Crippen LogP contribution in [0.3, 0.4) is 0 Å². The standard InChI is InChI=1S/C15H10N2O4S/c16-11-14(22(20,21)13-7-2-1-3-8-13)10-12-6-4-5-9-15(12)17(18)19/h1-10H/b14-10+. The average molecular weight is 314 g/mol. The molecule has 0 atom stereocenters. The molecule has 0 spiro atoms. The summed E-state index contributed by atoms with van der Waals surface area (Å²) in [4.78, 5) is 9.74. The lowest BCUT2D eigenvalue weighted by molar-refractivity contribution is -0.385. The molecule has 0 bridgehead atoms. The fraction of sp³-hybridized carbons (Fsp3) is 0. The molecule has 7 heteroatoms. The Morgan fingerprint density at radius 1 is 1.09 bits per heavy atom. The molecule has 0 aliphatic carbocycles. The summed E-state index contributed by atoms with van der Waals surface area (Å²) in [5.74, 6) is 0. The maximum absolute atomic E-state index is 12.4. The van der Waals surface area contributed by atoms with E-state index in [0.29, 0.717) is 0 Å². The van der Waals surface area contributed by atoms with E-state index in [4.69, 9.17) is 5.26 Å². The summed E-state index contributed by atoms with van der Waals surface area (Å²) in [6.07, 6.45) is 1.01. The Bertz CT molecular complexity index is 881. The van der Waals surface area contributed by atoms with Gasteiger partial charge in [0.05, 0.1) is 15.4 Å². The molecular formula is C15H10N2O4S. The summed E-state index contributed by atoms with van der Waals surface area (Å²) in [6, 6.07) is 14.7. The molecule has 0 saturated heterocycles. The molecule has 0 fully saturated rings. The molecule has 0 N–H and O–H groups in total. The van der Waals surface area contributed by atoms with E-state index in [2.05, 4.69) is 0 Å². The van der Waals surface area contributed by atoms with E-state index in [-0.39, 0.29) is 16.1 Å². The summed E-state index contributed by atoms with van der Waals surface area (Å²) in [6.45, 7) is 0. The van der Waals surface area contributed by atoms with Crippen LogP contribution in [0.4, 0.5) is 5.69 Å². The van der Waals surface area contributed by atoms with Gasteiger partial charge in [-0.1, -0.05) is 30.3 Å². The molecule has 0 amide bonds. The maximum Gasteiger partial charge on any atom is 0.276 e. The third kappa shape index (κ3) is 3.02. The largest absolute Gasteiger partial charge is 0.276 e. The third-order valence-electron chi connectivity index (χ3n) is 2.87. The predicted octanol–water partition coefficient (Wildman–Crippen LogP) is 2.93. The number of para-hydroxylation sites is 1. The lowest BCUT2D eigenvalue weighted by atomic mass is 10.1. The fourth-order valence-electron chi connectivity index (χ4n) is 1.81. The zero-order chi connectivity index (χ0) is 16.2. The van der Waals surface area contributed by atoms with Gasteiger partial charge < -0.3 is 0 Å². The highest BCUT2D eigenvalue weighted by Gasteiger charge is 2.22. The minimum absolute atomic E-state index is 0.0404. The Labute approximate surface area is 127 Å². The van der Waals surface area contributed by atoms with E-state index >= 15 is 0 Å². The second-order valence-corrected chi connectivity index (χ2v) is 6.17. The first kappa shape index (κ1) is 15.4. The van der Waals surface area contributed by atoms with Crippen LogP contribution in [0.25, 0.3) is 6.08 Å². The van der Waals surface area contributed by atoms with Crippen molar-refractivity contribution in [3.05, 3.63) is 75.2 Å². The van der Waals surface area contributed by atoms with Crippen LogP contribution in [0.1, 0.15) is 5.56 Å². The van der Waals surface area contributed by atoms with Crippen LogP contribution in [0, 0.1) is 21.4 Å². The van der Waals surface area contributed by atoms with Crippen LogP contribution in [0.2, 0.25) is 0 Å². The SMILES string of the molecule is N#C/C(=C\c1ccccc1[N+](=O)[O-])S(=O)(=O)c1ccccc1. The zero-order valence-corrected chi connectivity index (χ0v) is 12.0. The normalized spacial score (nSPS) is 11.7. The molecule has 22 heavy (non-hydrogen) atoms. The number of benzene rings is 2. The summed E-state index contributed by atoms with van der Waals surface area (Å²) < 4.78 is 24.8. The fourth-order valence-corrected chi connectivity index (χ4v) is 2.99. The molecule has 6 nitrogen and oxygen atoms in total. The monoisotopic (exact) mass is 314 g/mol. The quantitative estimate of drug-likeness (QED) is 0.490. The lowest BCUT2D eigenvalue weighted by Crippen LogP contribution is -2.03. The lowest BCUT2D eigenvalue weighted by Gasteiger charge is -2.03. The second kappa shape index (κ2) is 6.20. The number of allylic oxidation sites excluding steroid dienone is 1. The van der Waals surface area contributed by atoms with Crippen molar-refractivity contribution in [1.29, 1.82) is 5.26 Å². The molecule has 0 heterocycles. The minimum Gasteiger partial charge on any atom is -0.258 e. The molecule has 2 rings (SSSR count). The molecule has 2 aromatic carbocycles. The van der Waals surface area contributed by atoms with Crippen LogP contribution in [-0.2, 0) is 9.84 Å². The number of nitro groups is 1. The van der Waals surface area contributed by atoms with Gasteiger partial charge in [0.25, 0.3) is 5.69 Å². The minimum atomic E-state index is -4.01. The van der Waals surface area contributed by atoms with E-state index in [1.807, 2.05) is 0 Å². The van der Waals surface area contributed by atoms with Crippen molar-refractivity contribution in [1.82, 2.24) is 0 Å². The number of sulfone groups is 1. The first-order valence-corrected chi connectivity index (χ1v) is 7.60.